The second-order valence-electron chi connectivity index (χ2n) is 3.43. The lowest BCUT2D eigenvalue weighted by Crippen LogP contribution is -2.27. The van der Waals surface area contributed by atoms with Crippen molar-refractivity contribution in [3.8, 4) is 0 Å². The Balaban J connectivity index is 2.59. The second-order valence-corrected chi connectivity index (χ2v) is 5.23. The molecule has 0 fully saturated rings. The van der Waals surface area contributed by atoms with Crippen LogP contribution in [0.15, 0.2) is 24.3 Å². The molecule has 0 bridgehead atoms. The molecule has 6 heteroatoms. The summed E-state index contributed by atoms with van der Waals surface area (Å²) < 4.78 is 38.2. The number of halogens is 1. The lowest BCUT2D eigenvalue weighted by atomic mass is 10.2. The first-order valence-electron chi connectivity index (χ1n) is 4.95. The third kappa shape index (κ3) is 4.69. The molecule has 0 saturated heterocycles. The summed E-state index contributed by atoms with van der Waals surface area (Å²) in [4.78, 5) is 0. The van der Waals surface area contributed by atoms with Crippen molar-refractivity contribution in [2.24, 2.45) is 5.73 Å². The molecule has 90 valence electrons. The second kappa shape index (κ2) is 5.93. The number of hydrogen-bond donors (Lipinski definition) is 2. The van der Waals surface area contributed by atoms with Crippen LogP contribution in [0.2, 0.25) is 0 Å². The monoisotopic (exact) mass is 246 g/mol. The molecule has 0 aromatic heterocycles. The molecule has 3 N–H and O–H groups in total. The van der Waals surface area contributed by atoms with E-state index in [1.54, 1.807) is 6.07 Å². The first-order valence-corrected chi connectivity index (χ1v) is 6.60. The van der Waals surface area contributed by atoms with Gasteiger partial charge in [-0.1, -0.05) is 12.1 Å². The minimum Gasteiger partial charge on any atom is -0.330 e. The van der Waals surface area contributed by atoms with Crippen LogP contribution >= 0.6 is 0 Å². The SMILES string of the molecule is NCCCNS(=O)(=O)Cc1cccc(F)c1. The molecule has 0 radical (unpaired) electrons. The average molecular weight is 246 g/mol. The molecular weight excluding hydrogens is 231 g/mol. The van der Waals surface area contributed by atoms with Gasteiger partial charge in [-0.05, 0) is 30.7 Å². The molecule has 4 nitrogen and oxygen atoms in total. The molecule has 0 heterocycles. The van der Waals surface area contributed by atoms with Crippen molar-refractivity contribution in [2.75, 3.05) is 13.1 Å². The normalized spacial score (nSPS) is 11.6. The predicted octanol–water partition coefficient (Wildman–Crippen LogP) is 0.594. The van der Waals surface area contributed by atoms with Crippen molar-refractivity contribution in [3.05, 3.63) is 35.6 Å². The third-order valence-corrected chi connectivity index (χ3v) is 3.31. The number of nitrogens with two attached hydrogens (primary N) is 1. The largest absolute Gasteiger partial charge is 0.330 e. The van der Waals surface area contributed by atoms with Gasteiger partial charge in [-0.3, -0.25) is 0 Å². The summed E-state index contributed by atoms with van der Waals surface area (Å²) >= 11 is 0. The molecule has 1 aromatic carbocycles. The van der Waals surface area contributed by atoms with E-state index in [-0.39, 0.29) is 5.75 Å². The molecule has 16 heavy (non-hydrogen) atoms. The fourth-order valence-electron chi connectivity index (χ4n) is 1.23. The molecule has 0 saturated carbocycles. The highest BCUT2D eigenvalue weighted by molar-refractivity contribution is 7.88. The van der Waals surface area contributed by atoms with Crippen LogP contribution in [0.25, 0.3) is 0 Å². The summed E-state index contributed by atoms with van der Waals surface area (Å²) in [6.07, 6.45) is 0.586. The Morgan fingerprint density at radius 1 is 1.38 bits per heavy atom. The Hall–Kier alpha value is -0.980. The van der Waals surface area contributed by atoms with Crippen molar-refractivity contribution < 1.29 is 12.8 Å². The van der Waals surface area contributed by atoms with Crippen LogP contribution in [-0.2, 0) is 15.8 Å². The number of nitrogens with one attached hydrogen (secondary N) is 1. The summed E-state index contributed by atoms with van der Waals surface area (Å²) in [7, 11) is -3.40. The zero-order valence-corrected chi connectivity index (χ0v) is 9.63. The summed E-state index contributed by atoms with van der Waals surface area (Å²) in [5.74, 6) is -0.648. The van der Waals surface area contributed by atoms with Crippen molar-refractivity contribution in [1.82, 2.24) is 4.72 Å². The molecular formula is C10H15FN2O2S. The number of rotatable bonds is 6. The van der Waals surface area contributed by atoms with Crippen LogP contribution in [-0.4, -0.2) is 21.5 Å². The minimum atomic E-state index is -3.40. The van der Waals surface area contributed by atoms with Gasteiger partial charge in [0.25, 0.3) is 0 Å². The molecule has 0 atom stereocenters. The highest BCUT2D eigenvalue weighted by Gasteiger charge is 2.10. The standard InChI is InChI=1S/C10H15FN2O2S/c11-10-4-1-3-9(7-10)8-16(14,15)13-6-2-5-12/h1,3-4,7,13H,2,5-6,8,12H2. The highest BCUT2D eigenvalue weighted by atomic mass is 32.2. The molecule has 0 aliphatic heterocycles. The van der Waals surface area contributed by atoms with Crippen LogP contribution in [0.5, 0.6) is 0 Å². The van der Waals surface area contributed by atoms with Gasteiger partial charge in [-0.15, -0.1) is 0 Å². The zero-order chi connectivity index (χ0) is 12.0. The zero-order valence-electron chi connectivity index (χ0n) is 8.82. The van der Waals surface area contributed by atoms with Crippen molar-refractivity contribution in [3.63, 3.8) is 0 Å². The lowest BCUT2D eigenvalue weighted by Gasteiger charge is -2.05. The van der Waals surface area contributed by atoms with E-state index >= 15 is 0 Å². The average Bonchev–Trinajstić information content (AvgIpc) is 2.17. The fourth-order valence-corrected chi connectivity index (χ4v) is 2.40. The molecule has 0 spiro atoms. The number of sulfonamides is 1. The molecule has 0 aliphatic rings. The Morgan fingerprint density at radius 3 is 2.75 bits per heavy atom. The van der Waals surface area contributed by atoms with E-state index in [4.69, 9.17) is 5.73 Å². The van der Waals surface area contributed by atoms with Crippen LogP contribution in [0.3, 0.4) is 0 Å². The van der Waals surface area contributed by atoms with E-state index in [0.717, 1.165) is 0 Å². The maximum absolute atomic E-state index is 12.8. The van der Waals surface area contributed by atoms with Crippen molar-refractivity contribution >= 4 is 10.0 Å². The van der Waals surface area contributed by atoms with Crippen LogP contribution < -0.4 is 10.5 Å². The number of hydrogen-bond acceptors (Lipinski definition) is 3. The lowest BCUT2D eigenvalue weighted by molar-refractivity contribution is 0.578. The van der Waals surface area contributed by atoms with E-state index in [9.17, 15) is 12.8 Å². The fraction of sp³-hybridized carbons (Fsp3) is 0.400. The summed E-state index contributed by atoms with van der Waals surface area (Å²) in [6, 6.07) is 5.55. The summed E-state index contributed by atoms with van der Waals surface area (Å²) in [5, 5.41) is 0. The molecule has 0 amide bonds. The van der Waals surface area contributed by atoms with E-state index in [0.29, 0.717) is 25.1 Å². The Morgan fingerprint density at radius 2 is 2.12 bits per heavy atom. The van der Waals surface area contributed by atoms with Gasteiger partial charge in [-0.2, -0.15) is 0 Å². The maximum Gasteiger partial charge on any atom is 0.215 e. The first kappa shape index (κ1) is 13.1. The van der Waals surface area contributed by atoms with E-state index in [1.807, 2.05) is 0 Å². The van der Waals surface area contributed by atoms with Crippen molar-refractivity contribution in [2.45, 2.75) is 12.2 Å². The Bertz CT molecular complexity index is 434. The molecule has 1 aromatic rings. The van der Waals surface area contributed by atoms with Crippen LogP contribution in [0.4, 0.5) is 4.39 Å². The third-order valence-electron chi connectivity index (χ3n) is 1.95. The van der Waals surface area contributed by atoms with Gasteiger partial charge in [0.05, 0.1) is 5.75 Å². The Labute approximate surface area is 94.7 Å². The van der Waals surface area contributed by atoms with Gasteiger partial charge in [0.1, 0.15) is 5.82 Å². The number of benzene rings is 1. The van der Waals surface area contributed by atoms with Gasteiger partial charge in [0, 0.05) is 6.54 Å². The molecule has 1 rings (SSSR count). The van der Waals surface area contributed by atoms with Crippen LogP contribution in [0.1, 0.15) is 12.0 Å². The maximum atomic E-state index is 12.8. The van der Waals surface area contributed by atoms with Gasteiger partial charge in [0.15, 0.2) is 0 Å². The summed E-state index contributed by atoms with van der Waals surface area (Å²) in [5.41, 5.74) is 5.68. The van der Waals surface area contributed by atoms with Crippen LogP contribution in [0, 0.1) is 5.82 Å². The van der Waals surface area contributed by atoms with E-state index in [1.165, 1.54) is 18.2 Å². The van der Waals surface area contributed by atoms with E-state index < -0.39 is 15.8 Å². The first-order chi connectivity index (χ1) is 7.53. The van der Waals surface area contributed by atoms with Gasteiger partial charge >= 0.3 is 0 Å². The smallest absolute Gasteiger partial charge is 0.215 e. The predicted molar refractivity (Wildman–Crippen MR) is 60.7 cm³/mol. The summed E-state index contributed by atoms with van der Waals surface area (Å²) in [6.45, 7) is 0.747. The Kier molecular flexibility index (Phi) is 4.85. The quantitative estimate of drug-likeness (QED) is 0.722. The minimum absolute atomic E-state index is 0.213. The van der Waals surface area contributed by atoms with Gasteiger partial charge in [-0.25, -0.2) is 17.5 Å². The molecule has 0 unspecified atom stereocenters. The molecule has 0 aliphatic carbocycles. The van der Waals surface area contributed by atoms with Crippen molar-refractivity contribution in [1.29, 1.82) is 0 Å². The van der Waals surface area contributed by atoms with E-state index in [2.05, 4.69) is 4.72 Å². The highest BCUT2D eigenvalue weighted by Crippen LogP contribution is 2.07. The van der Waals surface area contributed by atoms with Gasteiger partial charge in [0.2, 0.25) is 10.0 Å². The van der Waals surface area contributed by atoms with Gasteiger partial charge < -0.3 is 5.73 Å². The topological polar surface area (TPSA) is 72.2 Å².